The third-order valence-electron chi connectivity index (χ3n) is 5.59. The summed E-state index contributed by atoms with van der Waals surface area (Å²) in [4.78, 5) is 0. The van der Waals surface area contributed by atoms with Crippen LogP contribution in [0.5, 0.6) is 0 Å². The van der Waals surface area contributed by atoms with Gasteiger partial charge in [0.15, 0.2) is 0 Å². The van der Waals surface area contributed by atoms with Gasteiger partial charge in [0.2, 0.25) is 0 Å². The first-order valence-corrected chi connectivity index (χ1v) is 12.7. The zero-order valence-corrected chi connectivity index (χ0v) is 20.1. The lowest BCUT2D eigenvalue weighted by molar-refractivity contribution is 0.0588. The molecule has 2 N–H and O–H groups in total. The first-order valence-electron chi connectivity index (χ1n) is 12.7. The van der Waals surface area contributed by atoms with Crippen molar-refractivity contribution in [3.63, 3.8) is 0 Å². The summed E-state index contributed by atoms with van der Waals surface area (Å²) in [6, 6.07) is 0. The van der Waals surface area contributed by atoms with Crippen LogP contribution < -0.4 is 5.32 Å². The van der Waals surface area contributed by atoms with E-state index in [4.69, 9.17) is 4.74 Å². The van der Waals surface area contributed by atoms with Gasteiger partial charge in [-0.05, 0) is 32.2 Å². The van der Waals surface area contributed by atoms with Gasteiger partial charge in [-0.15, -0.1) is 6.58 Å². The predicted octanol–water partition coefficient (Wildman–Crippen LogP) is 7.04. The van der Waals surface area contributed by atoms with Gasteiger partial charge >= 0.3 is 0 Å². The number of hydrogen-bond acceptors (Lipinski definition) is 3. The maximum absolute atomic E-state index is 9.30. The first kappa shape index (κ1) is 28.6. The largest absolute Gasteiger partial charge is 0.392 e. The van der Waals surface area contributed by atoms with Crippen LogP contribution in [-0.2, 0) is 4.74 Å². The molecule has 0 fully saturated rings. The molecule has 2 unspecified atom stereocenters. The van der Waals surface area contributed by atoms with Gasteiger partial charge in [-0.25, -0.2) is 0 Å². The molecule has 0 radical (unpaired) electrons. The average Bonchev–Trinajstić information content (AvgIpc) is 2.68. The highest BCUT2D eigenvalue weighted by molar-refractivity contribution is 4.68. The van der Waals surface area contributed by atoms with Gasteiger partial charge in [-0.1, -0.05) is 103 Å². The van der Waals surface area contributed by atoms with Crippen molar-refractivity contribution in [2.75, 3.05) is 19.7 Å². The number of aliphatic hydroxyl groups excluding tert-OH is 1. The summed E-state index contributed by atoms with van der Waals surface area (Å²) in [6.07, 6.45) is 22.2. The van der Waals surface area contributed by atoms with E-state index in [2.05, 4.69) is 25.7 Å². The summed E-state index contributed by atoms with van der Waals surface area (Å²) in [5, 5.41) is 12.6. The summed E-state index contributed by atoms with van der Waals surface area (Å²) in [7, 11) is 0. The zero-order valence-electron chi connectivity index (χ0n) is 20.1. The van der Waals surface area contributed by atoms with Crippen molar-refractivity contribution in [3.8, 4) is 0 Å². The maximum atomic E-state index is 9.30. The van der Waals surface area contributed by atoms with Gasteiger partial charge < -0.3 is 15.2 Å². The molecule has 2 atom stereocenters. The van der Waals surface area contributed by atoms with Gasteiger partial charge in [-0.3, -0.25) is 0 Å². The Kier molecular flexibility index (Phi) is 22.0. The minimum Gasteiger partial charge on any atom is -0.392 e. The fraction of sp³-hybridized carbons (Fsp3) is 0.923. The standard InChI is InChI=1S/C26H53NO2/c1-5-22-29-26(20-21-27-23-25(4)28)19-17-15-13-11-9-7-6-8-10-12-14-16-18-24(2)3/h5,24-28H,1,6-23H2,2-4H3. The first-order chi connectivity index (χ1) is 14.1. The third-order valence-corrected chi connectivity index (χ3v) is 5.59. The number of hydrogen-bond donors (Lipinski definition) is 2. The molecule has 0 aliphatic heterocycles. The molecule has 3 heteroatoms. The molecular formula is C26H53NO2. The smallest absolute Gasteiger partial charge is 0.0648 e. The maximum Gasteiger partial charge on any atom is 0.0648 e. The van der Waals surface area contributed by atoms with Crippen molar-refractivity contribution >= 4 is 0 Å². The van der Waals surface area contributed by atoms with Gasteiger partial charge in [0.1, 0.15) is 0 Å². The molecule has 0 aliphatic rings. The minimum absolute atomic E-state index is 0.280. The lowest BCUT2D eigenvalue weighted by atomic mass is 10.0. The fourth-order valence-electron chi connectivity index (χ4n) is 3.78. The van der Waals surface area contributed by atoms with Crippen molar-refractivity contribution in [2.45, 2.75) is 129 Å². The number of aliphatic hydroxyl groups is 1. The quantitative estimate of drug-likeness (QED) is 0.140. The average molecular weight is 412 g/mol. The fourth-order valence-corrected chi connectivity index (χ4v) is 3.78. The summed E-state index contributed by atoms with van der Waals surface area (Å²) in [5.41, 5.74) is 0. The topological polar surface area (TPSA) is 41.5 Å². The van der Waals surface area contributed by atoms with Gasteiger partial charge in [0.05, 0.1) is 18.8 Å². The van der Waals surface area contributed by atoms with E-state index in [0.29, 0.717) is 19.3 Å². The monoisotopic (exact) mass is 411 g/mol. The van der Waals surface area contributed by atoms with Crippen LogP contribution in [-0.4, -0.2) is 37.0 Å². The Morgan fingerprint density at radius 3 is 1.69 bits per heavy atom. The number of unbranched alkanes of at least 4 members (excludes halogenated alkanes) is 11. The van der Waals surface area contributed by atoms with E-state index in [1.54, 1.807) is 0 Å². The summed E-state index contributed by atoms with van der Waals surface area (Å²) in [5.74, 6) is 0.873. The van der Waals surface area contributed by atoms with Crippen LogP contribution >= 0.6 is 0 Å². The van der Waals surface area contributed by atoms with Gasteiger partial charge in [0.25, 0.3) is 0 Å². The van der Waals surface area contributed by atoms with Crippen molar-refractivity contribution in [1.29, 1.82) is 0 Å². The van der Waals surface area contributed by atoms with Crippen LogP contribution in [0, 0.1) is 5.92 Å². The van der Waals surface area contributed by atoms with E-state index >= 15 is 0 Å². The van der Waals surface area contributed by atoms with Crippen LogP contribution in [0.3, 0.4) is 0 Å². The second kappa shape index (κ2) is 22.3. The van der Waals surface area contributed by atoms with Crippen LogP contribution in [0.25, 0.3) is 0 Å². The Balaban J connectivity index is 3.44. The molecule has 29 heavy (non-hydrogen) atoms. The lowest BCUT2D eigenvalue weighted by Crippen LogP contribution is -2.28. The molecule has 3 nitrogen and oxygen atoms in total. The van der Waals surface area contributed by atoms with E-state index in [1.165, 1.54) is 83.5 Å². The number of rotatable bonds is 23. The molecule has 0 saturated heterocycles. The highest BCUT2D eigenvalue weighted by Gasteiger charge is 2.08. The molecule has 0 heterocycles. The second-order valence-electron chi connectivity index (χ2n) is 9.30. The zero-order chi connectivity index (χ0) is 21.6. The molecule has 0 rings (SSSR count). The van der Waals surface area contributed by atoms with E-state index < -0.39 is 0 Å². The van der Waals surface area contributed by atoms with Crippen molar-refractivity contribution in [3.05, 3.63) is 12.7 Å². The van der Waals surface area contributed by atoms with E-state index in [-0.39, 0.29) is 6.10 Å². The summed E-state index contributed by atoms with van der Waals surface area (Å²) in [6.45, 7) is 12.4. The molecule has 0 aromatic rings. The van der Waals surface area contributed by atoms with E-state index in [1.807, 2.05) is 13.0 Å². The Hall–Kier alpha value is -0.380. The van der Waals surface area contributed by atoms with E-state index in [0.717, 1.165) is 25.3 Å². The molecule has 0 bridgehead atoms. The molecule has 0 aliphatic carbocycles. The Morgan fingerprint density at radius 2 is 1.24 bits per heavy atom. The Labute approximate surface area is 183 Å². The third kappa shape index (κ3) is 23.8. The van der Waals surface area contributed by atoms with Crippen LogP contribution in [0.15, 0.2) is 12.7 Å². The molecule has 0 amide bonds. The van der Waals surface area contributed by atoms with Gasteiger partial charge in [0, 0.05) is 6.54 Å². The van der Waals surface area contributed by atoms with Gasteiger partial charge in [-0.2, -0.15) is 0 Å². The molecule has 0 aromatic carbocycles. The molecule has 0 spiro atoms. The summed E-state index contributed by atoms with van der Waals surface area (Å²) < 4.78 is 5.90. The van der Waals surface area contributed by atoms with Crippen LogP contribution in [0.1, 0.15) is 117 Å². The Morgan fingerprint density at radius 1 is 0.759 bits per heavy atom. The highest BCUT2D eigenvalue weighted by Crippen LogP contribution is 2.15. The predicted molar refractivity (Wildman–Crippen MR) is 129 cm³/mol. The highest BCUT2D eigenvalue weighted by atomic mass is 16.5. The van der Waals surface area contributed by atoms with Crippen LogP contribution in [0.2, 0.25) is 0 Å². The second-order valence-corrected chi connectivity index (χ2v) is 9.30. The van der Waals surface area contributed by atoms with E-state index in [9.17, 15) is 5.11 Å². The van der Waals surface area contributed by atoms with Crippen molar-refractivity contribution in [2.24, 2.45) is 5.92 Å². The summed E-state index contributed by atoms with van der Waals surface area (Å²) >= 11 is 0. The van der Waals surface area contributed by atoms with Crippen LogP contribution in [0.4, 0.5) is 0 Å². The molecule has 0 saturated carbocycles. The molecule has 174 valence electrons. The normalized spacial score (nSPS) is 13.7. The lowest BCUT2D eigenvalue weighted by Gasteiger charge is -2.18. The molecule has 0 aromatic heterocycles. The minimum atomic E-state index is -0.280. The Bertz CT molecular complexity index is 331. The number of nitrogens with one attached hydrogen (secondary N) is 1. The van der Waals surface area contributed by atoms with Crippen molar-refractivity contribution in [1.82, 2.24) is 5.32 Å². The number of ether oxygens (including phenoxy) is 1. The SMILES string of the molecule is C=CCOC(CCCCCCCCCCCCCCC(C)C)CCNCC(C)O. The van der Waals surface area contributed by atoms with Crippen molar-refractivity contribution < 1.29 is 9.84 Å². The molecular weight excluding hydrogens is 358 g/mol.